The number of piperidine rings is 1. The lowest BCUT2D eigenvalue weighted by Gasteiger charge is -2.44. The summed E-state index contributed by atoms with van der Waals surface area (Å²) in [6.45, 7) is 1.56. The Morgan fingerprint density at radius 3 is 2.19 bits per heavy atom. The van der Waals surface area contributed by atoms with E-state index in [2.05, 4.69) is 5.32 Å². The van der Waals surface area contributed by atoms with Crippen LogP contribution in [0.15, 0.2) is 0 Å². The molecule has 118 valence electrons. The molecule has 5 heteroatoms. The maximum absolute atomic E-state index is 12.3. The molecule has 0 bridgehead atoms. The molecule has 0 radical (unpaired) electrons. The number of carboxylic acids is 1. The molecule has 0 aromatic heterocycles. The van der Waals surface area contributed by atoms with Crippen LogP contribution in [0.1, 0.15) is 57.8 Å². The largest absolute Gasteiger partial charge is 0.480 e. The highest BCUT2D eigenvalue weighted by Gasteiger charge is 2.40. The summed E-state index contributed by atoms with van der Waals surface area (Å²) in [5.41, 5.74) is 0.470. The van der Waals surface area contributed by atoms with Crippen molar-refractivity contribution in [3.63, 3.8) is 0 Å². The lowest BCUT2D eigenvalue weighted by Crippen LogP contribution is -2.52. The zero-order chi connectivity index (χ0) is 14.9. The van der Waals surface area contributed by atoms with Crippen molar-refractivity contribution in [2.45, 2.75) is 63.8 Å². The van der Waals surface area contributed by atoms with Crippen LogP contribution in [-0.4, -0.2) is 41.1 Å². The summed E-state index contributed by atoms with van der Waals surface area (Å²) in [4.78, 5) is 25.3. The Balaban J connectivity index is 1.51. The van der Waals surface area contributed by atoms with Crippen LogP contribution in [0.5, 0.6) is 0 Å². The third-order valence-corrected chi connectivity index (χ3v) is 5.66. The number of carbonyl (C=O) groups is 2. The molecule has 5 nitrogen and oxygen atoms in total. The van der Waals surface area contributed by atoms with Gasteiger partial charge in [0.1, 0.15) is 6.04 Å². The zero-order valence-corrected chi connectivity index (χ0v) is 12.6. The number of urea groups is 1. The molecule has 3 fully saturated rings. The summed E-state index contributed by atoms with van der Waals surface area (Å²) in [7, 11) is 0. The van der Waals surface area contributed by atoms with E-state index in [9.17, 15) is 14.7 Å². The summed E-state index contributed by atoms with van der Waals surface area (Å²) in [6, 6.07) is -0.872. The molecule has 1 unspecified atom stereocenters. The first-order valence-corrected chi connectivity index (χ1v) is 8.38. The summed E-state index contributed by atoms with van der Waals surface area (Å²) in [6.07, 6.45) is 10.6. The summed E-state index contributed by atoms with van der Waals surface area (Å²) >= 11 is 0. The second kappa shape index (κ2) is 5.85. The third kappa shape index (κ3) is 3.33. The van der Waals surface area contributed by atoms with Crippen molar-refractivity contribution in [2.75, 3.05) is 13.1 Å². The topological polar surface area (TPSA) is 69.6 Å². The number of carboxylic acid groups (broad SMARTS) is 1. The molecule has 1 spiro atoms. The van der Waals surface area contributed by atoms with Crippen molar-refractivity contribution in [3.05, 3.63) is 0 Å². The molecule has 2 aliphatic carbocycles. The second-order valence-corrected chi connectivity index (χ2v) is 7.15. The van der Waals surface area contributed by atoms with E-state index in [0.29, 0.717) is 5.41 Å². The van der Waals surface area contributed by atoms with Crippen LogP contribution in [0, 0.1) is 11.3 Å². The minimum atomic E-state index is -0.897. The van der Waals surface area contributed by atoms with Gasteiger partial charge in [0.25, 0.3) is 0 Å². The highest BCUT2D eigenvalue weighted by atomic mass is 16.4. The lowest BCUT2D eigenvalue weighted by molar-refractivity contribution is -0.139. The number of hydrogen-bond donors (Lipinski definition) is 2. The van der Waals surface area contributed by atoms with Crippen molar-refractivity contribution in [2.24, 2.45) is 11.3 Å². The van der Waals surface area contributed by atoms with Crippen LogP contribution < -0.4 is 5.32 Å². The lowest BCUT2D eigenvalue weighted by atomic mass is 9.68. The molecule has 2 amide bonds. The van der Waals surface area contributed by atoms with Crippen LogP contribution >= 0.6 is 0 Å². The molecule has 1 saturated heterocycles. The van der Waals surface area contributed by atoms with Crippen molar-refractivity contribution in [3.8, 4) is 0 Å². The van der Waals surface area contributed by atoms with Crippen LogP contribution in [0.2, 0.25) is 0 Å². The Hall–Kier alpha value is -1.26. The number of likely N-dealkylation sites (tertiary alicyclic amines) is 1. The number of nitrogens with zero attached hydrogens (tertiary/aromatic N) is 1. The minimum absolute atomic E-state index is 0.140. The first kappa shape index (κ1) is 14.7. The molecule has 1 aliphatic heterocycles. The molecule has 3 aliphatic rings. The molecule has 3 rings (SSSR count). The van der Waals surface area contributed by atoms with Gasteiger partial charge in [0.15, 0.2) is 0 Å². The van der Waals surface area contributed by atoms with Gasteiger partial charge in [0.05, 0.1) is 0 Å². The Bertz CT molecular complexity index is 404. The molecule has 2 N–H and O–H groups in total. The number of aliphatic carboxylic acids is 1. The predicted octanol–water partition coefficient (Wildman–Crippen LogP) is 2.61. The molecule has 0 aromatic rings. The van der Waals surface area contributed by atoms with E-state index < -0.39 is 12.0 Å². The second-order valence-electron chi connectivity index (χ2n) is 7.15. The fraction of sp³-hybridized carbons (Fsp3) is 0.875. The third-order valence-electron chi connectivity index (χ3n) is 5.66. The van der Waals surface area contributed by atoms with Crippen LogP contribution in [0.25, 0.3) is 0 Å². The quantitative estimate of drug-likeness (QED) is 0.840. The van der Waals surface area contributed by atoms with Crippen molar-refractivity contribution >= 4 is 12.0 Å². The number of nitrogens with one attached hydrogen (secondary N) is 1. The fourth-order valence-corrected chi connectivity index (χ4v) is 4.02. The van der Waals surface area contributed by atoms with Gasteiger partial charge in [-0.25, -0.2) is 9.59 Å². The monoisotopic (exact) mass is 294 g/mol. The van der Waals surface area contributed by atoms with E-state index in [-0.39, 0.29) is 11.9 Å². The predicted molar refractivity (Wildman–Crippen MR) is 79.0 cm³/mol. The van der Waals surface area contributed by atoms with Crippen molar-refractivity contribution in [1.82, 2.24) is 10.2 Å². The van der Waals surface area contributed by atoms with E-state index in [0.717, 1.165) is 38.8 Å². The molecule has 1 atom stereocenters. The normalized spacial score (nSPS) is 26.4. The van der Waals surface area contributed by atoms with E-state index in [4.69, 9.17) is 0 Å². The Morgan fingerprint density at radius 1 is 1.05 bits per heavy atom. The summed E-state index contributed by atoms with van der Waals surface area (Å²) < 4.78 is 0. The Labute approximate surface area is 126 Å². The van der Waals surface area contributed by atoms with E-state index in [1.165, 1.54) is 32.1 Å². The van der Waals surface area contributed by atoms with Crippen LogP contribution in [-0.2, 0) is 4.79 Å². The number of carbonyl (C=O) groups excluding carboxylic acids is 1. The van der Waals surface area contributed by atoms with Crippen LogP contribution in [0.3, 0.4) is 0 Å². The van der Waals surface area contributed by atoms with E-state index >= 15 is 0 Å². The van der Waals surface area contributed by atoms with Gasteiger partial charge in [-0.1, -0.05) is 19.3 Å². The van der Waals surface area contributed by atoms with Gasteiger partial charge in [0, 0.05) is 13.1 Å². The molecular formula is C16H26N2O3. The molecular weight excluding hydrogens is 268 g/mol. The van der Waals surface area contributed by atoms with Gasteiger partial charge < -0.3 is 15.3 Å². The maximum Gasteiger partial charge on any atom is 0.326 e. The van der Waals surface area contributed by atoms with Gasteiger partial charge in [-0.15, -0.1) is 0 Å². The van der Waals surface area contributed by atoms with Gasteiger partial charge >= 0.3 is 12.0 Å². The van der Waals surface area contributed by atoms with Gasteiger partial charge in [-0.2, -0.15) is 0 Å². The number of rotatable bonds is 3. The SMILES string of the molecule is O=C(O)C(NC(=O)N1CCC2(CCCCC2)CC1)C1CC1. The van der Waals surface area contributed by atoms with Gasteiger partial charge in [0.2, 0.25) is 0 Å². The van der Waals surface area contributed by atoms with Gasteiger partial charge in [-0.05, 0) is 49.9 Å². The van der Waals surface area contributed by atoms with Crippen LogP contribution in [0.4, 0.5) is 4.79 Å². The highest BCUT2D eigenvalue weighted by Crippen LogP contribution is 2.44. The molecule has 1 heterocycles. The Kier molecular flexibility index (Phi) is 4.09. The van der Waals surface area contributed by atoms with Gasteiger partial charge in [-0.3, -0.25) is 0 Å². The standard InChI is InChI=1S/C16H26N2O3/c19-14(20)13(12-4-5-12)17-15(21)18-10-8-16(9-11-18)6-2-1-3-7-16/h12-13H,1-11H2,(H,17,21)(H,19,20). The van der Waals surface area contributed by atoms with Crippen molar-refractivity contribution in [1.29, 1.82) is 0 Å². The first-order chi connectivity index (χ1) is 10.1. The fourth-order valence-electron chi connectivity index (χ4n) is 4.02. The Morgan fingerprint density at radius 2 is 1.67 bits per heavy atom. The zero-order valence-electron chi connectivity index (χ0n) is 12.6. The maximum atomic E-state index is 12.3. The average Bonchev–Trinajstić information content (AvgIpc) is 3.30. The summed E-state index contributed by atoms with van der Waals surface area (Å²) in [5.74, 6) is -0.757. The first-order valence-electron chi connectivity index (χ1n) is 8.38. The molecule has 0 aromatic carbocycles. The number of hydrogen-bond acceptors (Lipinski definition) is 2. The average molecular weight is 294 g/mol. The molecule has 21 heavy (non-hydrogen) atoms. The van der Waals surface area contributed by atoms with Crippen molar-refractivity contribution < 1.29 is 14.7 Å². The highest BCUT2D eigenvalue weighted by molar-refractivity contribution is 5.83. The summed E-state index contributed by atoms with van der Waals surface area (Å²) in [5, 5.41) is 11.9. The molecule has 2 saturated carbocycles. The smallest absolute Gasteiger partial charge is 0.326 e. The van der Waals surface area contributed by atoms with E-state index in [1.54, 1.807) is 0 Å². The minimum Gasteiger partial charge on any atom is -0.480 e. The van der Waals surface area contributed by atoms with E-state index in [1.807, 2.05) is 4.90 Å². The number of amides is 2.